The molecule has 0 aromatic heterocycles. The maximum atomic E-state index is 12.1. The van der Waals surface area contributed by atoms with E-state index >= 15 is 0 Å². The third kappa shape index (κ3) is 6.36. The molecule has 1 N–H and O–H groups in total. The minimum atomic E-state index is -4.42. The lowest BCUT2D eigenvalue weighted by atomic mass is 9.44. The van der Waals surface area contributed by atoms with Crippen LogP contribution in [0, 0.1) is 46.3 Å². The second-order valence-electron chi connectivity index (χ2n) is 12.9. The van der Waals surface area contributed by atoms with Crippen LogP contribution in [0.5, 0.6) is 0 Å². The summed E-state index contributed by atoms with van der Waals surface area (Å²) in [6, 6.07) is 0. The van der Waals surface area contributed by atoms with Crippen molar-refractivity contribution >= 4 is 26.4 Å². The van der Waals surface area contributed by atoms with Crippen LogP contribution < -0.4 is 5.11 Å². The van der Waals surface area contributed by atoms with Crippen LogP contribution >= 0.6 is 0 Å². The first-order chi connectivity index (χ1) is 17.1. The Morgan fingerprint density at radius 2 is 1.70 bits per heavy atom. The van der Waals surface area contributed by atoms with E-state index in [2.05, 4.69) is 25.8 Å². The first-order valence-corrected chi connectivity index (χ1v) is 16.9. The van der Waals surface area contributed by atoms with Crippen LogP contribution in [-0.2, 0) is 24.7 Å². The second-order valence-corrected chi connectivity index (χ2v) is 15.4. The molecule has 4 aliphatic carbocycles. The Balaban J connectivity index is 1.37. The summed E-state index contributed by atoms with van der Waals surface area (Å²) in [5, 5.41) is 12.1. The van der Waals surface area contributed by atoms with Gasteiger partial charge in [0, 0.05) is 0 Å². The van der Waals surface area contributed by atoms with Crippen molar-refractivity contribution in [3.8, 4) is 0 Å². The number of rotatable bonds is 9. The van der Waals surface area contributed by atoms with E-state index in [4.69, 9.17) is 8.74 Å². The summed E-state index contributed by atoms with van der Waals surface area (Å²) < 4.78 is 68.8. The van der Waals surface area contributed by atoms with Crippen LogP contribution in [0.25, 0.3) is 0 Å². The number of aliphatic imine (C=N–C) groups is 1. The zero-order valence-electron chi connectivity index (χ0n) is 22.3. The smallest absolute Gasteiger partial charge is 0.397 e. The Morgan fingerprint density at radius 3 is 2.38 bits per heavy atom. The molecule has 9 atom stereocenters. The van der Waals surface area contributed by atoms with Crippen molar-refractivity contribution in [1.82, 2.24) is 0 Å². The quantitative estimate of drug-likeness (QED) is 0.254. The first-order valence-electron chi connectivity index (χ1n) is 13.9. The summed E-state index contributed by atoms with van der Waals surface area (Å²) >= 11 is 0. The van der Waals surface area contributed by atoms with Crippen molar-refractivity contribution in [2.45, 2.75) is 97.5 Å². The molecule has 4 fully saturated rings. The molecule has 0 unspecified atom stereocenters. The van der Waals surface area contributed by atoms with Gasteiger partial charge in [-0.3, -0.25) is 4.55 Å². The van der Waals surface area contributed by atoms with Crippen molar-refractivity contribution in [3.05, 3.63) is 0 Å². The molecule has 9 nitrogen and oxygen atoms in total. The minimum Gasteiger partial charge on any atom is -0.862 e. The topological polar surface area (TPSA) is 156 Å². The van der Waals surface area contributed by atoms with Gasteiger partial charge in [-0.25, -0.2) is 12.6 Å². The van der Waals surface area contributed by atoms with E-state index in [-0.39, 0.29) is 29.7 Å². The molecule has 214 valence electrons. The Hall–Kier alpha value is -0.750. The molecule has 0 spiro atoms. The van der Waals surface area contributed by atoms with Gasteiger partial charge in [0.1, 0.15) is 0 Å². The van der Waals surface area contributed by atoms with Crippen LogP contribution in [-0.4, -0.2) is 50.2 Å². The molecule has 4 aliphatic rings. The SMILES string of the molecule is C[C@H](CCC([O-])=NCCS(=O)(=O)[O-])[C@H]1CC[C@H]2[C@@H]3CC[C@@H]4C[C@H](OS(=O)(=O)O)CC[C@]4(C)[C@H]3CC[C@]12C. The van der Waals surface area contributed by atoms with Crippen molar-refractivity contribution in [3.63, 3.8) is 0 Å². The zero-order chi connectivity index (χ0) is 27.2. The van der Waals surface area contributed by atoms with E-state index < -0.39 is 32.4 Å². The highest BCUT2D eigenvalue weighted by molar-refractivity contribution is 7.85. The predicted octanol–water partition coefficient (Wildman–Crippen LogP) is 3.55. The lowest BCUT2D eigenvalue weighted by molar-refractivity contribution is -0.219. The summed E-state index contributed by atoms with van der Waals surface area (Å²) in [4.78, 5) is 3.76. The highest BCUT2D eigenvalue weighted by Gasteiger charge is 2.60. The van der Waals surface area contributed by atoms with Gasteiger partial charge in [-0.05, 0) is 123 Å². The van der Waals surface area contributed by atoms with Crippen molar-refractivity contribution in [1.29, 1.82) is 0 Å². The minimum absolute atomic E-state index is 0.179. The van der Waals surface area contributed by atoms with Gasteiger partial charge in [-0.1, -0.05) is 20.8 Å². The van der Waals surface area contributed by atoms with Crippen LogP contribution in [0.1, 0.15) is 91.4 Å². The fourth-order valence-corrected chi connectivity index (χ4v) is 10.2. The standard InChI is InChI=1S/C26H45NO8S2/c1-17(4-9-24(28)27-14-15-36(29,30)31)21-7-8-22-20-6-5-18-16-19(35-37(32,33)34)10-12-25(18,2)23(20)11-13-26(21,22)3/h17-23H,4-16H2,1-3H3,(H,27,28)(H,29,30,31)(H,32,33,34)/p-2/t17-,18-,19-,20+,21-,22+,23+,25+,26-/m1/s1. The van der Waals surface area contributed by atoms with E-state index in [0.717, 1.165) is 32.1 Å². The predicted molar refractivity (Wildman–Crippen MR) is 137 cm³/mol. The van der Waals surface area contributed by atoms with Gasteiger partial charge >= 0.3 is 10.4 Å². The third-order valence-corrected chi connectivity index (χ3v) is 12.3. The van der Waals surface area contributed by atoms with Gasteiger partial charge in [-0.2, -0.15) is 8.42 Å². The largest absolute Gasteiger partial charge is 0.862 e. The number of hydrogen-bond acceptors (Lipinski definition) is 8. The Bertz CT molecular complexity index is 1080. The maximum Gasteiger partial charge on any atom is 0.397 e. The molecular formula is C26H43NO8S2-2. The highest BCUT2D eigenvalue weighted by Crippen LogP contribution is 2.68. The van der Waals surface area contributed by atoms with Crippen LogP contribution in [0.15, 0.2) is 4.99 Å². The molecule has 0 heterocycles. The highest BCUT2D eigenvalue weighted by atomic mass is 32.3. The average Bonchev–Trinajstić information content (AvgIpc) is 3.13. The molecule has 0 bridgehead atoms. The maximum absolute atomic E-state index is 12.1. The fraction of sp³-hybridized carbons (Fsp3) is 0.962. The van der Waals surface area contributed by atoms with Gasteiger partial charge in [0.15, 0.2) is 0 Å². The number of nitrogens with zero attached hydrogens (tertiary/aromatic N) is 1. The van der Waals surface area contributed by atoms with Crippen LogP contribution in [0.4, 0.5) is 0 Å². The van der Waals surface area contributed by atoms with Gasteiger partial charge in [0.2, 0.25) is 0 Å². The van der Waals surface area contributed by atoms with E-state index in [9.17, 15) is 26.5 Å². The van der Waals surface area contributed by atoms with Crippen molar-refractivity contribution in [2.24, 2.45) is 51.3 Å². The van der Waals surface area contributed by atoms with Crippen molar-refractivity contribution < 1.29 is 35.2 Å². The van der Waals surface area contributed by atoms with Crippen LogP contribution in [0.2, 0.25) is 0 Å². The second kappa shape index (κ2) is 10.7. The van der Waals surface area contributed by atoms with E-state index in [0.29, 0.717) is 48.3 Å². The summed E-state index contributed by atoms with van der Waals surface area (Å²) in [6.07, 6.45) is 9.83. The first kappa shape index (κ1) is 29.2. The molecule has 0 saturated heterocycles. The van der Waals surface area contributed by atoms with Gasteiger partial charge in [0.05, 0.1) is 28.5 Å². The molecular weight excluding hydrogens is 518 g/mol. The van der Waals surface area contributed by atoms with Gasteiger partial charge in [0.25, 0.3) is 0 Å². The van der Waals surface area contributed by atoms with E-state index in [1.54, 1.807) is 0 Å². The van der Waals surface area contributed by atoms with Gasteiger partial charge < -0.3 is 14.7 Å². The Kier molecular flexibility index (Phi) is 8.43. The third-order valence-electron chi connectivity index (χ3n) is 11.1. The molecule has 0 aromatic carbocycles. The van der Waals surface area contributed by atoms with Crippen LogP contribution in [0.3, 0.4) is 0 Å². The molecule has 37 heavy (non-hydrogen) atoms. The summed E-state index contributed by atoms with van der Waals surface area (Å²) in [5.74, 6) is 2.33. The number of fused-ring (bicyclic) bond motifs is 5. The molecule has 4 saturated carbocycles. The normalized spacial score (nSPS) is 41.5. The average molecular weight is 562 g/mol. The molecule has 0 radical (unpaired) electrons. The molecule has 0 aliphatic heterocycles. The number of hydrogen-bond donors (Lipinski definition) is 1. The van der Waals surface area contributed by atoms with Gasteiger partial charge in [-0.15, -0.1) is 0 Å². The Labute approximate surface area is 222 Å². The fourth-order valence-electron chi connectivity index (χ4n) is 9.37. The summed E-state index contributed by atoms with van der Waals surface area (Å²) in [5.41, 5.74) is 0.421. The summed E-state index contributed by atoms with van der Waals surface area (Å²) in [6.45, 7) is 6.84. The molecule has 11 heteroatoms. The lowest BCUT2D eigenvalue weighted by Crippen LogP contribution is -2.54. The molecule has 4 rings (SSSR count). The zero-order valence-corrected chi connectivity index (χ0v) is 23.9. The van der Waals surface area contributed by atoms with E-state index in [1.165, 1.54) is 19.3 Å². The lowest BCUT2D eigenvalue weighted by Gasteiger charge is -2.61. The van der Waals surface area contributed by atoms with Crippen molar-refractivity contribution in [2.75, 3.05) is 12.3 Å². The van der Waals surface area contributed by atoms with E-state index in [1.807, 2.05) is 0 Å². The molecule has 0 amide bonds. The molecule has 0 aromatic rings. The Morgan fingerprint density at radius 1 is 1.03 bits per heavy atom. The monoisotopic (exact) mass is 561 g/mol. The summed E-state index contributed by atoms with van der Waals surface area (Å²) in [7, 11) is -8.78.